The molecule has 2 N–H and O–H groups in total. The van der Waals surface area contributed by atoms with E-state index in [2.05, 4.69) is 10.6 Å². The quantitative estimate of drug-likeness (QED) is 0.884. The summed E-state index contributed by atoms with van der Waals surface area (Å²) in [6.07, 6.45) is 0.291. The maximum atomic E-state index is 13.4. The molecule has 0 spiro atoms. The van der Waals surface area contributed by atoms with E-state index in [1.807, 2.05) is 20.8 Å². The number of hydrogen-bond acceptors (Lipinski definition) is 2. The zero-order chi connectivity index (χ0) is 13.8. The van der Waals surface area contributed by atoms with Gasteiger partial charge >= 0.3 is 0 Å². The summed E-state index contributed by atoms with van der Waals surface area (Å²) in [5.74, 6) is -0.757. The highest BCUT2D eigenvalue weighted by atomic mass is 35.5. The van der Waals surface area contributed by atoms with Crippen LogP contribution in [-0.2, 0) is 4.79 Å². The van der Waals surface area contributed by atoms with Gasteiger partial charge in [-0.3, -0.25) is 4.79 Å². The van der Waals surface area contributed by atoms with Gasteiger partial charge in [0.1, 0.15) is 5.82 Å². The minimum atomic E-state index is -0.528. The van der Waals surface area contributed by atoms with Crippen LogP contribution in [0.1, 0.15) is 27.2 Å². The van der Waals surface area contributed by atoms with E-state index in [9.17, 15) is 9.18 Å². The maximum Gasteiger partial charge on any atom is 0.225 e. The Hall–Kier alpha value is -1.13. The second-order valence-corrected chi connectivity index (χ2v) is 5.54. The Labute approximate surface area is 112 Å². The molecule has 1 aromatic rings. The maximum absolute atomic E-state index is 13.4. The summed E-state index contributed by atoms with van der Waals surface area (Å²) in [5, 5.41) is 6.00. The van der Waals surface area contributed by atoms with Crippen LogP contribution in [0, 0.1) is 5.82 Å². The predicted molar refractivity (Wildman–Crippen MR) is 72.4 cm³/mol. The molecule has 0 saturated heterocycles. The molecular weight excluding hydrogens is 255 g/mol. The van der Waals surface area contributed by atoms with Crippen LogP contribution in [0.15, 0.2) is 18.2 Å². The Morgan fingerprint density at radius 3 is 2.61 bits per heavy atom. The van der Waals surface area contributed by atoms with Crippen LogP contribution >= 0.6 is 11.6 Å². The molecule has 1 aromatic carbocycles. The highest BCUT2D eigenvalue weighted by Crippen LogP contribution is 2.18. The molecule has 0 radical (unpaired) electrons. The van der Waals surface area contributed by atoms with E-state index >= 15 is 0 Å². The van der Waals surface area contributed by atoms with E-state index in [1.165, 1.54) is 18.2 Å². The van der Waals surface area contributed by atoms with Gasteiger partial charge in [0.05, 0.1) is 5.69 Å². The summed E-state index contributed by atoms with van der Waals surface area (Å²) in [5.41, 5.74) is 0.117. The van der Waals surface area contributed by atoms with Gasteiger partial charge in [0.2, 0.25) is 5.91 Å². The van der Waals surface area contributed by atoms with Crippen LogP contribution < -0.4 is 10.6 Å². The van der Waals surface area contributed by atoms with Crippen molar-refractivity contribution in [3.05, 3.63) is 29.0 Å². The molecule has 18 heavy (non-hydrogen) atoms. The standard InChI is InChI=1S/C13H18ClFN2O/c1-13(2,3)16-7-6-12(18)17-11-5-4-9(14)8-10(11)15/h4-5,8,16H,6-7H2,1-3H3,(H,17,18). The van der Waals surface area contributed by atoms with E-state index in [-0.39, 0.29) is 17.1 Å². The Morgan fingerprint density at radius 2 is 2.06 bits per heavy atom. The van der Waals surface area contributed by atoms with Gasteiger partial charge in [0.25, 0.3) is 0 Å². The number of amides is 1. The number of rotatable bonds is 4. The summed E-state index contributed by atoms with van der Waals surface area (Å²) >= 11 is 5.62. The summed E-state index contributed by atoms with van der Waals surface area (Å²) in [6, 6.07) is 4.16. The largest absolute Gasteiger partial charge is 0.324 e. The molecule has 0 aromatic heterocycles. The van der Waals surface area contributed by atoms with E-state index < -0.39 is 5.82 Å². The lowest BCUT2D eigenvalue weighted by Crippen LogP contribution is -2.37. The topological polar surface area (TPSA) is 41.1 Å². The van der Waals surface area contributed by atoms with Crippen molar-refractivity contribution in [3.8, 4) is 0 Å². The third-order valence-corrected chi connectivity index (χ3v) is 2.45. The van der Waals surface area contributed by atoms with Gasteiger partial charge in [0, 0.05) is 23.5 Å². The smallest absolute Gasteiger partial charge is 0.225 e. The van der Waals surface area contributed by atoms with Crippen molar-refractivity contribution in [2.24, 2.45) is 0 Å². The molecule has 0 aliphatic carbocycles. The van der Waals surface area contributed by atoms with E-state index in [0.29, 0.717) is 18.0 Å². The molecule has 1 rings (SSSR count). The van der Waals surface area contributed by atoms with Gasteiger partial charge in [-0.15, -0.1) is 0 Å². The molecule has 0 unspecified atom stereocenters. The van der Waals surface area contributed by atoms with Crippen molar-refractivity contribution >= 4 is 23.2 Å². The Bertz CT molecular complexity index is 429. The molecule has 0 fully saturated rings. The Morgan fingerprint density at radius 1 is 1.39 bits per heavy atom. The van der Waals surface area contributed by atoms with Gasteiger partial charge < -0.3 is 10.6 Å². The lowest BCUT2D eigenvalue weighted by Gasteiger charge is -2.20. The number of carbonyl (C=O) groups excluding carboxylic acids is 1. The lowest BCUT2D eigenvalue weighted by molar-refractivity contribution is -0.116. The first-order chi connectivity index (χ1) is 8.28. The third kappa shape index (κ3) is 5.47. The minimum absolute atomic E-state index is 0.0359. The number of carbonyl (C=O) groups is 1. The fourth-order valence-corrected chi connectivity index (χ4v) is 1.51. The van der Waals surface area contributed by atoms with Gasteiger partial charge in [0.15, 0.2) is 0 Å². The van der Waals surface area contributed by atoms with Gasteiger partial charge in [-0.25, -0.2) is 4.39 Å². The summed E-state index contributed by atoms with van der Waals surface area (Å²) in [4.78, 5) is 11.6. The number of benzene rings is 1. The first-order valence-electron chi connectivity index (χ1n) is 5.78. The second kappa shape index (κ2) is 6.16. The summed E-state index contributed by atoms with van der Waals surface area (Å²) < 4.78 is 13.4. The third-order valence-electron chi connectivity index (χ3n) is 2.21. The zero-order valence-corrected chi connectivity index (χ0v) is 11.6. The first kappa shape index (κ1) is 14.9. The van der Waals surface area contributed by atoms with Crippen molar-refractivity contribution in [1.29, 1.82) is 0 Å². The SMILES string of the molecule is CC(C)(C)NCCC(=O)Nc1ccc(Cl)cc1F. The molecular formula is C13H18ClFN2O. The molecule has 0 aliphatic rings. The Balaban J connectivity index is 2.45. The van der Waals surface area contributed by atoms with Gasteiger partial charge in [-0.2, -0.15) is 0 Å². The van der Waals surface area contributed by atoms with Gasteiger partial charge in [-0.05, 0) is 39.0 Å². The van der Waals surface area contributed by atoms with Crippen LogP contribution in [0.4, 0.5) is 10.1 Å². The van der Waals surface area contributed by atoms with Crippen LogP contribution in [0.2, 0.25) is 5.02 Å². The monoisotopic (exact) mass is 272 g/mol. The Kier molecular flexibility index (Phi) is 5.11. The van der Waals surface area contributed by atoms with Crippen molar-refractivity contribution in [2.45, 2.75) is 32.7 Å². The van der Waals surface area contributed by atoms with E-state index in [4.69, 9.17) is 11.6 Å². The highest BCUT2D eigenvalue weighted by Gasteiger charge is 2.11. The van der Waals surface area contributed by atoms with Crippen molar-refractivity contribution in [3.63, 3.8) is 0 Å². The average molecular weight is 273 g/mol. The number of anilines is 1. The molecule has 0 atom stereocenters. The molecule has 5 heteroatoms. The molecule has 0 bridgehead atoms. The molecule has 3 nitrogen and oxygen atoms in total. The predicted octanol–water partition coefficient (Wildman–Crippen LogP) is 3.20. The molecule has 100 valence electrons. The highest BCUT2D eigenvalue weighted by molar-refractivity contribution is 6.30. The van der Waals surface area contributed by atoms with Crippen LogP contribution in [0.5, 0.6) is 0 Å². The van der Waals surface area contributed by atoms with Crippen molar-refractivity contribution < 1.29 is 9.18 Å². The summed E-state index contributed by atoms with van der Waals surface area (Å²) in [6.45, 7) is 6.60. The van der Waals surface area contributed by atoms with E-state index in [0.717, 1.165) is 0 Å². The first-order valence-corrected chi connectivity index (χ1v) is 6.16. The zero-order valence-electron chi connectivity index (χ0n) is 10.8. The molecule has 0 heterocycles. The summed E-state index contributed by atoms with van der Waals surface area (Å²) in [7, 11) is 0. The number of nitrogens with one attached hydrogen (secondary N) is 2. The fourth-order valence-electron chi connectivity index (χ4n) is 1.35. The van der Waals surface area contributed by atoms with Crippen molar-refractivity contribution in [2.75, 3.05) is 11.9 Å². The second-order valence-electron chi connectivity index (χ2n) is 5.10. The van der Waals surface area contributed by atoms with Crippen LogP contribution in [0.25, 0.3) is 0 Å². The fraction of sp³-hybridized carbons (Fsp3) is 0.462. The minimum Gasteiger partial charge on any atom is -0.324 e. The van der Waals surface area contributed by atoms with Gasteiger partial charge in [-0.1, -0.05) is 11.6 Å². The lowest BCUT2D eigenvalue weighted by atomic mass is 10.1. The van der Waals surface area contributed by atoms with E-state index in [1.54, 1.807) is 0 Å². The van der Waals surface area contributed by atoms with Crippen molar-refractivity contribution in [1.82, 2.24) is 5.32 Å². The molecule has 0 saturated carbocycles. The average Bonchev–Trinajstić information content (AvgIpc) is 2.20. The number of halogens is 2. The molecule has 0 aliphatic heterocycles. The van der Waals surface area contributed by atoms with Crippen LogP contribution in [-0.4, -0.2) is 18.0 Å². The number of hydrogen-bond donors (Lipinski definition) is 2. The van der Waals surface area contributed by atoms with Crippen LogP contribution in [0.3, 0.4) is 0 Å². The molecule has 1 amide bonds. The normalized spacial score (nSPS) is 11.4.